The summed E-state index contributed by atoms with van der Waals surface area (Å²) in [6.07, 6.45) is 3.14. The fourth-order valence-electron chi connectivity index (χ4n) is 3.45. The van der Waals surface area contributed by atoms with E-state index in [1.54, 1.807) is 0 Å². The van der Waals surface area contributed by atoms with Gasteiger partial charge in [0.25, 0.3) is 0 Å². The van der Waals surface area contributed by atoms with Gasteiger partial charge in [0, 0.05) is 19.9 Å². The number of oxazole rings is 1. The van der Waals surface area contributed by atoms with Crippen molar-refractivity contribution in [2.45, 2.75) is 45.6 Å². The number of aromatic nitrogens is 4. The molecule has 1 atom stereocenters. The first-order valence-corrected chi connectivity index (χ1v) is 8.14. The molecule has 0 spiro atoms. The summed E-state index contributed by atoms with van der Waals surface area (Å²) in [5.74, 6) is 3.85. The van der Waals surface area contributed by atoms with Crippen LogP contribution in [-0.4, -0.2) is 19.7 Å². The topological polar surface area (TPSA) is 56.7 Å². The van der Waals surface area contributed by atoms with Crippen LogP contribution in [0.25, 0.3) is 11.6 Å². The van der Waals surface area contributed by atoms with Gasteiger partial charge in [-0.2, -0.15) is 0 Å². The molecule has 0 saturated carbocycles. The van der Waals surface area contributed by atoms with Crippen LogP contribution >= 0.6 is 0 Å². The van der Waals surface area contributed by atoms with Gasteiger partial charge in [0.15, 0.2) is 11.7 Å². The Balaban J connectivity index is 1.64. The lowest BCUT2D eigenvalue weighted by molar-refractivity contribution is 0.518. The first kappa shape index (κ1) is 14.2. The standard InChI is InChI=1S/C18H20N4O/c1-12-17(23-13(2)19-12)18-21-20-16-9-8-15(10-11-22(16)18)14-6-4-3-5-7-14/h3-7,15H,8-11H2,1-2H3. The minimum absolute atomic E-state index is 0.573. The van der Waals surface area contributed by atoms with E-state index in [-0.39, 0.29) is 0 Å². The van der Waals surface area contributed by atoms with Crippen LogP contribution in [-0.2, 0) is 13.0 Å². The lowest BCUT2D eigenvalue weighted by Gasteiger charge is -2.14. The first-order chi connectivity index (χ1) is 11.2. The SMILES string of the molecule is Cc1nc(C)c(-c2nnc3n2CCC(c2ccccc2)CC3)o1. The Morgan fingerprint density at radius 3 is 2.65 bits per heavy atom. The van der Waals surface area contributed by atoms with E-state index in [2.05, 4.69) is 50.1 Å². The third-order valence-corrected chi connectivity index (χ3v) is 4.62. The van der Waals surface area contributed by atoms with Crippen molar-refractivity contribution in [1.82, 2.24) is 19.7 Å². The second-order valence-corrected chi connectivity index (χ2v) is 6.17. The number of rotatable bonds is 2. The van der Waals surface area contributed by atoms with Gasteiger partial charge in [0.05, 0.1) is 5.69 Å². The van der Waals surface area contributed by atoms with E-state index >= 15 is 0 Å². The number of fused-ring (bicyclic) bond motifs is 1. The van der Waals surface area contributed by atoms with E-state index in [9.17, 15) is 0 Å². The average Bonchev–Trinajstić information content (AvgIpc) is 3.03. The third kappa shape index (κ3) is 2.56. The van der Waals surface area contributed by atoms with E-state index < -0.39 is 0 Å². The van der Waals surface area contributed by atoms with Crippen molar-refractivity contribution in [3.05, 3.63) is 53.3 Å². The molecule has 0 N–H and O–H groups in total. The Bertz CT molecular complexity index is 819. The molecule has 3 heterocycles. The largest absolute Gasteiger partial charge is 0.437 e. The summed E-state index contributed by atoms with van der Waals surface area (Å²) >= 11 is 0. The van der Waals surface area contributed by atoms with Crippen molar-refractivity contribution in [1.29, 1.82) is 0 Å². The Morgan fingerprint density at radius 2 is 1.91 bits per heavy atom. The molecule has 4 rings (SSSR count). The predicted molar refractivity (Wildman–Crippen MR) is 87.1 cm³/mol. The van der Waals surface area contributed by atoms with Gasteiger partial charge in [-0.05, 0) is 31.2 Å². The highest BCUT2D eigenvalue weighted by molar-refractivity contribution is 5.50. The third-order valence-electron chi connectivity index (χ3n) is 4.62. The summed E-state index contributed by atoms with van der Waals surface area (Å²) in [6, 6.07) is 10.8. The molecule has 5 nitrogen and oxygen atoms in total. The molecular weight excluding hydrogens is 288 g/mol. The summed E-state index contributed by atoms with van der Waals surface area (Å²) in [7, 11) is 0. The molecule has 0 amide bonds. The summed E-state index contributed by atoms with van der Waals surface area (Å²) in [6.45, 7) is 4.73. The maximum Gasteiger partial charge on any atom is 0.201 e. The zero-order valence-corrected chi connectivity index (χ0v) is 13.5. The van der Waals surface area contributed by atoms with E-state index in [1.807, 2.05) is 13.8 Å². The monoisotopic (exact) mass is 308 g/mol. The Kier molecular flexibility index (Phi) is 3.48. The van der Waals surface area contributed by atoms with Gasteiger partial charge in [0.2, 0.25) is 5.82 Å². The highest BCUT2D eigenvalue weighted by Gasteiger charge is 2.24. The van der Waals surface area contributed by atoms with Crippen LogP contribution in [0.1, 0.15) is 41.7 Å². The molecule has 0 bridgehead atoms. The number of hydrogen-bond acceptors (Lipinski definition) is 4. The van der Waals surface area contributed by atoms with Crippen molar-refractivity contribution >= 4 is 0 Å². The van der Waals surface area contributed by atoms with Crippen molar-refractivity contribution in [3.8, 4) is 11.6 Å². The molecule has 1 aromatic carbocycles. The van der Waals surface area contributed by atoms with Crippen molar-refractivity contribution in [3.63, 3.8) is 0 Å². The Labute approximate surface area is 135 Å². The molecule has 1 unspecified atom stereocenters. The zero-order valence-electron chi connectivity index (χ0n) is 13.5. The predicted octanol–water partition coefficient (Wildman–Crippen LogP) is 3.67. The van der Waals surface area contributed by atoms with Gasteiger partial charge in [-0.25, -0.2) is 4.98 Å². The number of benzene rings is 1. The van der Waals surface area contributed by atoms with Crippen LogP contribution in [0.3, 0.4) is 0 Å². The number of hydrogen-bond donors (Lipinski definition) is 0. The molecule has 118 valence electrons. The first-order valence-electron chi connectivity index (χ1n) is 8.14. The molecule has 0 saturated heterocycles. The molecule has 0 fully saturated rings. The molecular formula is C18H20N4O. The maximum absolute atomic E-state index is 5.74. The van der Waals surface area contributed by atoms with Crippen LogP contribution < -0.4 is 0 Å². The highest BCUT2D eigenvalue weighted by atomic mass is 16.4. The van der Waals surface area contributed by atoms with Crippen LogP contribution in [0.4, 0.5) is 0 Å². The Hall–Kier alpha value is -2.43. The summed E-state index contributed by atoms with van der Waals surface area (Å²) in [4.78, 5) is 4.35. The smallest absolute Gasteiger partial charge is 0.201 e. The Morgan fingerprint density at radius 1 is 1.09 bits per heavy atom. The van der Waals surface area contributed by atoms with E-state index in [0.29, 0.717) is 11.8 Å². The molecule has 0 aliphatic carbocycles. The number of aryl methyl sites for hydroxylation is 3. The minimum atomic E-state index is 0.573. The lowest BCUT2D eigenvalue weighted by Crippen LogP contribution is -2.04. The van der Waals surface area contributed by atoms with Crippen molar-refractivity contribution in [2.75, 3.05) is 0 Å². The number of nitrogens with zero attached hydrogens (tertiary/aromatic N) is 4. The van der Waals surface area contributed by atoms with Gasteiger partial charge in [0.1, 0.15) is 5.82 Å². The van der Waals surface area contributed by atoms with Crippen LogP contribution in [0.15, 0.2) is 34.7 Å². The van der Waals surface area contributed by atoms with Gasteiger partial charge in [-0.3, -0.25) is 0 Å². The van der Waals surface area contributed by atoms with Gasteiger partial charge >= 0.3 is 0 Å². The van der Waals surface area contributed by atoms with E-state index in [1.165, 1.54) is 5.56 Å². The zero-order chi connectivity index (χ0) is 15.8. The molecule has 0 radical (unpaired) electrons. The fourth-order valence-corrected chi connectivity index (χ4v) is 3.45. The van der Waals surface area contributed by atoms with Crippen LogP contribution in [0.5, 0.6) is 0 Å². The fraction of sp³-hybridized carbons (Fsp3) is 0.389. The van der Waals surface area contributed by atoms with Gasteiger partial charge in [-0.15, -0.1) is 10.2 Å². The molecule has 1 aliphatic heterocycles. The lowest BCUT2D eigenvalue weighted by atomic mass is 9.92. The highest BCUT2D eigenvalue weighted by Crippen LogP contribution is 2.31. The molecule has 5 heteroatoms. The van der Waals surface area contributed by atoms with Crippen LogP contribution in [0, 0.1) is 13.8 Å². The maximum atomic E-state index is 5.74. The molecule has 3 aromatic rings. The molecule has 2 aromatic heterocycles. The quantitative estimate of drug-likeness (QED) is 0.725. The average molecular weight is 308 g/mol. The van der Waals surface area contributed by atoms with E-state index in [0.717, 1.165) is 48.9 Å². The van der Waals surface area contributed by atoms with Gasteiger partial charge in [-0.1, -0.05) is 30.3 Å². The summed E-state index contributed by atoms with van der Waals surface area (Å²) < 4.78 is 7.95. The summed E-state index contributed by atoms with van der Waals surface area (Å²) in [5, 5.41) is 8.76. The minimum Gasteiger partial charge on any atom is -0.437 e. The summed E-state index contributed by atoms with van der Waals surface area (Å²) in [5.41, 5.74) is 2.29. The van der Waals surface area contributed by atoms with Crippen LogP contribution in [0.2, 0.25) is 0 Å². The molecule has 23 heavy (non-hydrogen) atoms. The van der Waals surface area contributed by atoms with Gasteiger partial charge < -0.3 is 8.98 Å². The normalized spacial score (nSPS) is 17.7. The second-order valence-electron chi connectivity index (χ2n) is 6.17. The molecule has 1 aliphatic rings. The second kappa shape index (κ2) is 5.65. The van der Waals surface area contributed by atoms with Crippen molar-refractivity contribution in [2.24, 2.45) is 0 Å². The van der Waals surface area contributed by atoms with E-state index in [4.69, 9.17) is 4.42 Å². The van der Waals surface area contributed by atoms with Crippen molar-refractivity contribution < 1.29 is 4.42 Å².